The van der Waals surface area contributed by atoms with Gasteiger partial charge in [0.25, 0.3) is 0 Å². The third kappa shape index (κ3) is 4.35. The zero-order chi connectivity index (χ0) is 14.4. The number of anilines is 1. The standard InChI is InChI=1S/C15H16FNO2S/c16-20(18,19)15-10-8-14(9-11-15)17-12-4-7-13-5-2-1-3-6-13/h1-3,5-6,8-11,17H,4,7,12H2. The Kier molecular flexibility index (Phi) is 4.74. The van der Waals surface area contributed by atoms with Gasteiger partial charge in [-0.05, 0) is 42.7 Å². The van der Waals surface area contributed by atoms with Gasteiger partial charge in [0.2, 0.25) is 0 Å². The highest BCUT2D eigenvalue weighted by Crippen LogP contribution is 2.16. The van der Waals surface area contributed by atoms with E-state index in [-0.39, 0.29) is 4.90 Å². The summed E-state index contributed by atoms with van der Waals surface area (Å²) in [7, 11) is -4.61. The second kappa shape index (κ2) is 6.52. The van der Waals surface area contributed by atoms with Crippen molar-refractivity contribution in [2.75, 3.05) is 11.9 Å². The van der Waals surface area contributed by atoms with E-state index in [0.29, 0.717) is 0 Å². The van der Waals surface area contributed by atoms with E-state index in [2.05, 4.69) is 17.4 Å². The maximum Gasteiger partial charge on any atom is 0.332 e. The molecule has 0 aliphatic carbocycles. The zero-order valence-electron chi connectivity index (χ0n) is 10.9. The van der Waals surface area contributed by atoms with Crippen LogP contribution in [-0.4, -0.2) is 15.0 Å². The average Bonchev–Trinajstić information content (AvgIpc) is 2.44. The van der Waals surface area contributed by atoms with E-state index in [1.54, 1.807) is 12.1 Å². The molecule has 3 nitrogen and oxygen atoms in total. The van der Waals surface area contributed by atoms with E-state index in [1.807, 2.05) is 18.2 Å². The monoisotopic (exact) mass is 293 g/mol. The molecule has 0 spiro atoms. The fourth-order valence-electron chi connectivity index (χ4n) is 1.91. The van der Waals surface area contributed by atoms with Crippen molar-refractivity contribution in [2.45, 2.75) is 17.7 Å². The SMILES string of the molecule is O=S(=O)(F)c1ccc(NCCCc2ccccc2)cc1. The van der Waals surface area contributed by atoms with Gasteiger partial charge in [0, 0.05) is 12.2 Å². The number of aryl methyl sites for hydroxylation is 1. The van der Waals surface area contributed by atoms with Crippen molar-refractivity contribution in [1.82, 2.24) is 0 Å². The summed E-state index contributed by atoms with van der Waals surface area (Å²) in [5, 5.41) is 3.18. The largest absolute Gasteiger partial charge is 0.385 e. The number of halogens is 1. The summed E-state index contributed by atoms with van der Waals surface area (Å²) in [6.45, 7) is 0.774. The molecule has 0 aliphatic heterocycles. The minimum Gasteiger partial charge on any atom is -0.385 e. The number of hydrogen-bond donors (Lipinski definition) is 1. The molecule has 0 fully saturated rings. The summed E-state index contributed by atoms with van der Waals surface area (Å²) < 4.78 is 34.0. The third-order valence-corrected chi connectivity index (χ3v) is 3.79. The second-order valence-electron chi connectivity index (χ2n) is 4.48. The molecular formula is C15H16FNO2S. The summed E-state index contributed by atoms with van der Waals surface area (Å²) in [4.78, 5) is -0.313. The normalized spacial score (nSPS) is 11.2. The first-order valence-electron chi connectivity index (χ1n) is 6.38. The molecule has 0 radical (unpaired) electrons. The van der Waals surface area contributed by atoms with Crippen LogP contribution in [0.2, 0.25) is 0 Å². The van der Waals surface area contributed by atoms with Crippen LogP contribution >= 0.6 is 0 Å². The first-order chi connectivity index (χ1) is 9.55. The van der Waals surface area contributed by atoms with Gasteiger partial charge in [0.1, 0.15) is 0 Å². The first kappa shape index (κ1) is 14.5. The van der Waals surface area contributed by atoms with Crippen LogP contribution in [0.3, 0.4) is 0 Å². The molecule has 0 saturated carbocycles. The molecule has 106 valence electrons. The predicted molar refractivity (Wildman–Crippen MR) is 78.0 cm³/mol. The van der Waals surface area contributed by atoms with Gasteiger partial charge >= 0.3 is 10.2 Å². The Labute approximate surface area is 118 Å². The van der Waals surface area contributed by atoms with Crippen LogP contribution in [0.25, 0.3) is 0 Å². The molecule has 0 heterocycles. The quantitative estimate of drug-likeness (QED) is 0.656. The van der Waals surface area contributed by atoms with Gasteiger partial charge in [-0.25, -0.2) is 0 Å². The molecule has 0 saturated heterocycles. The Morgan fingerprint density at radius 1 is 0.950 bits per heavy atom. The zero-order valence-corrected chi connectivity index (χ0v) is 11.7. The van der Waals surface area contributed by atoms with Crippen LogP contribution in [0.4, 0.5) is 9.57 Å². The Hall–Kier alpha value is -1.88. The lowest BCUT2D eigenvalue weighted by molar-refractivity contribution is 0.552. The van der Waals surface area contributed by atoms with E-state index in [1.165, 1.54) is 17.7 Å². The molecule has 2 aromatic rings. The van der Waals surface area contributed by atoms with Gasteiger partial charge in [-0.15, -0.1) is 3.89 Å². The van der Waals surface area contributed by atoms with Crippen molar-refractivity contribution in [2.24, 2.45) is 0 Å². The van der Waals surface area contributed by atoms with Crippen LogP contribution < -0.4 is 5.32 Å². The van der Waals surface area contributed by atoms with Crippen LogP contribution in [0, 0.1) is 0 Å². The molecule has 0 aliphatic rings. The van der Waals surface area contributed by atoms with Gasteiger partial charge in [-0.2, -0.15) is 8.42 Å². The number of benzene rings is 2. The molecule has 5 heteroatoms. The van der Waals surface area contributed by atoms with Crippen LogP contribution in [0.5, 0.6) is 0 Å². The van der Waals surface area contributed by atoms with Crippen molar-refractivity contribution < 1.29 is 12.3 Å². The first-order valence-corrected chi connectivity index (χ1v) is 7.76. The smallest absolute Gasteiger partial charge is 0.332 e. The summed E-state index contributed by atoms with van der Waals surface area (Å²) in [5.74, 6) is 0. The van der Waals surface area contributed by atoms with Gasteiger partial charge in [0.15, 0.2) is 0 Å². The maximum atomic E-state index is 12.7. The molecule has 20 heavy (non-hydrogen) atoms. The van der Waals surface area contributed by atoms with E-state index >= 15 is 0 Å². The van der Waals surface area contributed by atoms with E-state index < -0.39 is 10.2 Å². The van der Waals surface area contributed by atoms with Crippen LogP contribution in [0.1, 0.15) is 12.0 Å². The minimum absolute atomic E-state index is 0.313. The Morgan fingerprint density at radius 2 is 1.60 bits per heavy atom. The number of hydrogen-bond acceptors (Lipinski definition) is 3. The Balaban J connectivity index is 1.80. The lowest BCUT2D eigenvalue weighted by Crippen LogP contribution is -2.03. The summed E-state index contributed by atoms with van der Waals surface area (Å²) in [5.41, 5.74) is 2.07. The molecule has 0 amide bonds. The summed E-state index contributed by atoms with van der Waals surface area (Å²) >= 11 is 0. The van der Waals surface area contributed by atoms with E-state index in [9.17, 15) is 12.3 Å². The van der Waals surface area contributed by atoms with Gasteiger partial charge < -0.3 is 5.32 Å². The summed E-state index contributed by atoms with van der Waals surface area (Å²) in [6.07, 6.45) is 1.94. The molecule has 0 unspecified atom stereocenters. The molecule has 0 aromatic heterocycles. The highest BCUT2D eigenvalue weighted by molar-refractivity contribution is 7.86. The summed E-state index contributed by atoms with van der Waals surface area (Å²) in [6, 6.07) is 15.8. The van der Waals surface area contributed by atoms with E-state index in [0.717, 1.165) is 25.1 Å². The second-order valence-corrected chi connectivity index (χ2v) is 5.83. The Bertz CT molecular complexity index is 639. The Morgan fingerprint density at radius 3 is 2.20 bits per heavy atom. The minimum atomic E-state index is -4.61. The molecule has 0 atom stereocenters. The maximum absolute atomic E-state index is 12.7. The lowest BCUT2D eigenvalue weighted by atomic mass is 10.1. The van der Waals surface area contributed by atoms with Gasteiger partial charge in [-0.1, -0.05) is 30.3 Å². The molecule has 2 rings (SSSR count). The predicted octanol–water partition coefficient (Wildman–Crippen LogP) is 3.39. The van der Waals surface area contributed by atoms with Crippen LogP contribution in [-0.2, 0) is 16.6 Å². The van der Waals surface area contributed by atoms with Crippen molar-refractivity contribution in [1.29, 1.82) is 0 Å². The number of rotatable bonds is 6. The highest BCUT2D eigenvalue weighted by Gasteiger charge is 2.10. The average molecular weight is 293 g/mol. The number of nitrogens with one attached hydrogen (secondary N) is 1. The van der Waals surface area contributed by atoms with Crippen molar-refractivity contribution >= 4 is 15.9 Å². The fraction of sp³-hybridized carbons (Fsp3) is 0.200. The molecular weight excluding hydrogens is 277 g/mol. The molecule has 2 aromatic carbocycles. The van der Waals surface area contributed by atoms with Crippen LogP contribution in [0.15, 0.2) is 59.5 Å². The highest BCUT2D eigenvalue weighted by atomic mass is 32.3. The molecule has 1 N–H and O–H groups in total. The van der Waals surface area contributed by atoms with Crippen molar-refractivity contribution in [3.8, 4) is 0 Å². The fourth-order valence-corrected chi connectivity index (χ4v) is 2.37. The van der Waals surface area contributed by atoms with Crippen molar-refractivity contribution in [3.63, 3.8) is 0 Å². The lowest BCUT2D eigenvalue weighted by Gasteiger charge is -2.06. The van der Waals surface area contributed by atoms with Crippen molar-refractivity contribution in [3.05, 3.63) is 60.2 Å². The van der Waals surface area contributed by atoms with Gasteiger partial charge in [0.05, 0.1) is 4.90 Å². The van der Waals surface area contributed by atoms with E-state index in [4.69, 9.17) is 0 Å². The topological polar surface area (TPSA) is 46.2 Å². The molecule has 0 bridgehead atoms. The third-order valence-electron chi connectivity index (χ3n) is 2.95. The van der Waals surface area contributed by atoms with Gasteiger partial charge in [-0.3, -0.25) is 0 Å².